The van der Waals surface area contributed by atoms with Crippen LogP contribution in [-0.4, -0.2) is 28.0 Å². The topological polar surface area (TPSA) is 79.3 Å². The molecule has 1 heterocycles. The van der Waals surface area contributed by atoms with Crippen molar-refractivity contribution in [2.24, 2.45) is 0 Å². The summed E-state index contributed by atoms with van der Waals surface area (Å²) in [5, 5.41) is 11.7. The number of carbonyl (C=O) groups is 2. The van der Waals surface area contributed by atoms with Gasteiger partial charge in [0.15, 0.2) is 0 Å². The minimum absolute atomic E-state index is 0.0854. The molecule has 0 saturated heterocycles. The van der Waals surface area contributed by atoms with Crippen LogP contribution in [0.5, 0.6) is 0 Å². The van der Waals surface area contributed by atoms with Crippen molar-refractivity contribution in [2.75, 3.05) is 0 Å². The van der Waals surface area contributed by atoms with Gasteiger partial charge < -0.3 is 10.4 Å². The highest BCUT2D eigenvalue weighted by molar-refractivity contribution is 6.35. The molecule has 0 aliphatic heterocycles. The number of nitrogens with zero attached hydrogens (tertiary/aromatic N) is 1. The zero-order valence-corrected chi connectivity index (χ0v) is 11.8. The molecule has 0 bridgehead atoms. The maximum Gasteiger partial charge on any atom is 0.303 e. The summed E-state index contributed by atoms with van der Waals surface area (Å²) < 4.78 is 0. The fourth-order valence-electron chi connectivity index (χ4n) is 1.52. The lowest BCUT2D eigenvalue weighted by Gasteiger charge is -2.14. The molecule has 0 radical (unpaired) electrons. The summed E-state index contributed by atoms with van der Waals surface area (Å²) in [6, 6.07) is 1.25. The number of amides is 1. The smallest absolute Gasteiger partial charge is 0.303 e. The van der Waals surface area contributed by atoms with Crippen LogP contribution in [0.4, 0.5) is 0 Å². The molecule has 104 valence electrons. The van der Waals surface area contributed by atoms with Crippen LogP contribution in [0.3, 0.4) is 0 Å². The molecule has 0 fully saturated rings. The maximum atomic E-state index is 11.9. The van der Waals surface area contributed by atoms with Gasteiger partial charge in [0.05, 0.1) is 10.6 Å². The van der Waals surface area contributed by atoms with E-state index in [1.54, 1.807) is 6.92 Å². The average molecular weight is 305 g/mol. The summed E-state index contributed by atoms with van der Waals surface area (Å²) in [5.74, 6) is -1.19. The number of rotatable bonds is 6. The van der Waals surface area contributed by atoms with Crippen molar-refractivity contribution in [1.82, 2.24) is 10.3 Å². The Bertz CT molecular complexity index is 480. The summed E-state index contributed by atoms with van der Waals surface area (Å²) in [4.78, 5) is 26.1. The molecule has 1 unspecified atom stereocenters. The highest BCUT2D eigenvalue weighted by atomic mass is 35.5. The standard InChI is InChI=1S/C12H14Cl2N2O3/c1-7(3-2-4-11(17)18)16-12(19)8-5-10(14)15-6-9(8)13/h5-7H,2-4H2,1H3,(H,16,19)(H,17,18). The van der Waals surface area contributed by atoms with Crippen molar-refractivity contribution in [3.8, 4) is 0 Å². The van der Waals surface area contributed by atoms with Gasteiger partial charge in [-0.15, -0.1) is 0 Å². The van der Waals surface area contributed by atoms with Gasteiger partial charge in [0.25, 0.3) is 5.91 Å². The van der Waals surface area contributed by atoms with E-state index in [0.717, 1.165) is 0 Å². The van der Waals surface area contributed by atoms with Gasteiger partial charge >= 0.3 is 5.97 Å². The number of carboxylic acid groups (broad SMARTS) is 1. The van der Waals surface area contributed by atoms with Crippen LogP contribution < -0.4 is 5.32 Å². The minimum atomic E-state index is -0.845. The Morgan fingerprint density at radius 2 is 2.16 bits per heavy atom. The minimum Gasteiger partial charge on any atom is -0.481 e. The van der Waals surface area contributed by atoms with E-state index >= 15 is 0 Å². The van der Waals surface area contributed by atoms with Crippen LogP contribution in [0.25, 0.3) is 0 Å². The molecule has 1 atom stereocenters. The first kappa shape index (κ1) is 15.7. The molecule has 19 heavy (non-hydrogen) atoms. The highest BCUT2D eigenvalue weighted by Gasteiger charge is 2.14. The van der Waals surface area contributed by atoms with Crippen molar-refractivity contribution < 1.29 is 14.7 Å². The first-order valence-electron chi connectivity index (χ1n) is 5.74. The number of nitrogens with one attached hydrogen (secondary N) is 1. The number of carbonyl (C=O) groups excluding carboxylic acids is 1. The highest BCUT2D eigenvalue weighted by Crippen LogP contribution is 2.18. The van der Waals surface area contributed by atoms with Gasteiger partial charge in [-0.1, -0.05) is 23.2 Å². The molecule has 0 aromatic carbocycles. The van der Waals surface area contributed by atoms with Gasteiger partial charge in [-0.25, -0.2) is 4.98 Å². The van der Waals surface area contributed by atoms with E-state index in [4.69, 9.17) is 28.3 Å². The zero-order valence-electron chi connectivity index (χ0n) is 10.3. The maximum absolute atomic E-state index is 11.9. The molecule has 1 rings (SSSR count). The van der Waals surface area contributed by atoms with E-state index in [9.17, 15) is 9.59 Å². The van der Waals surface area contributed by atoms with E-state index in [2.05, 4.69) is 10.3 Å². The summed E-state index contributed by atoms with van der Waals surface area (Å²) in [7, 11) is 0. The Morgan fingerprint density at radius 3 is 2.79 bits per heavy atom. The number of hydrogen-bond donors (Lipinski definition) is 2. The molecule has 7 heteroatoms. The van der Waals surface area contributed by atoms with Crippen molar-refractivity contribution in [1.29, 1.82) is 0 Å². The number of aromatic nitrogens is 1. The van der Waals surface area contributed by atoms with Gasteiger partial charge in [0.1, 0.15) is 5.15 Å². The Hall–Kier alpha value is -1.33. The molecule has 2 N–H and O–H groups in total. The lowest BCUT2D eigenvalue weighted by molar-refractivity contribution is -0.137. The summed E-state index contributed by atoms with van der Waals surface area (Å²) in [5.41, 5.74) is 0.256. The van der Waals surface area contributed by atoms with Crippen LogP contribution in [-0.2, 0) is 4.79 Å². The predicted octanol–water partition coefficient (Wildman–Crippen LogP) is 2.76. The third-order valence-corrected chi connectivity index (χ3v) is 2.98. The number of carboxylic acids is 1. The quantitative estimate of drug-likeness (QED) is 0.792. The van der Waals surface area contributed by atoms with Gasteiger partial charge in [-0.2, -0.15) is 0 Å². The molecule has 5 nitrogen and oxygen atoms in total. The van der Waals surface area contributed by atoms with Crippen molar-refractivity contribution in [2.45, 2.75) is 32.2 Å². The van der Waals surface area contributed by atoms with Crippen molar-refractivity contribution >= 4 is 35.1 Å². The van der Waals surface area contributed by atoms with Crippen LogP contribution in [0.1, 0.15) is 36.5 Å². The van der Waals surface area contributed by atoms with E-state index in [1.165, 1.54) is 12.3 Å². The van der Waals surface area contributed by atoms with E-state index in [1.807, 2.05) is 0 Å². The van der Waals surface area contributed by atoms with Gasteiger partial charge in [0.2, 0.25) is 0 Å². The van der Waals surface area contributed by atoms with Gasteiger partial charge in [-0.3, -0.25) is 9.59 Å². The number of hydrogen-bond acceptors (Lipinski definition) is 3. The van der Waals surface area contributed by atoms with Crippen molar-refractivity contribution in [3.05, 3.63) is 28.0 Å². The van der Waals surface area contributed by atoms with Crippen LogP contribution in [0, 0.1) is 0 Å². The lowest BCUT2D eigenvalue weighted by atomic mass is 10.1. The molecular formula is C12H14Cl2N2O3. The molecule has 1 aromatic heterocycles. The summed E-state index contributed by atoms with van der Waals surface area (Å²) in [6.45, 7) is 1.80. The Balaban J connectivity index is 2.54. The SMILES string of the molecule is CC(CCCC(=O)O)NC(=O)c1cc(Cl)ncc1Cl. The summed E-state index contributed by atoms with van der Waals surface area (Å²) in [6.07, 6.45) is 2.48. The Kier molecular flexibility index (Phi) is 6.05. The van der Waals surface area contributed by atoms with Crippen molar-refractivity contribution in [3.63, 3.8) is 0 Å². The molecule has 0 spiro atoms. The molecule has 1 aromatic rings. The second kappa shape index (κ2) is 7.31. The fraction of sp³-hybridized carbons (Fsp3) is 0.417. The molecule has 0 aliphatic carbocycles. The number of pyridine rings is 1. The monoisotopic (exact) mass is 304 g/mol. The molecule has 0 aliphatic rings. The Morgan fingerprint density at radius 1 is 1.47 bits per heavy atom. The Labute approximate surface area is 120 Å². The van der Waals surface area contributed by atoms with Gasteiger partial charge in [-0.05, 0) is 25.8 Å². The molecule has 1 amide bonds. The molecular weight excluding hydrogens is 291 g/mol. The van der Waals surface area contributed by atoms with Crippen LogP contribution >= 0.6 is 23.2 Å². The second-order valence-corrected chi connectivity index (χ2v) is 4.94. The largest absolute Gasteiger partial charge is 0.481 e. The summed E-state index contributed by atoms with van der Waals surface area (Å²) >= 11 is 11.6. The average Bonchev–Trinajstić information content (AvgIpc) is 2.31. The zero-order chi connectivity index (χ0) is 14.4. The lowest BCUT2D eigenvalue weighted by Crippen LogP contribution is -2.32. The fourth-order valence-corrected chi connectivity index (χ4v) is 1.87. The third-order valence-electron chi connectivity index (χ3n) is 2.47. The normalized spacial score (nSPS) is 11.9. The predicted molar refractivity (Wildman–Crippen MR) is 72.7 cm³/mol. The third kappa shape index (κ3) is 5.44. The first-order chi connectivity index (χ1) is 8.90. The van der Waals surface area contributed by atoms with E-state index < -0.39 is 5.97 Å². The number of aliphatic carboxylic acids is 1. The van der Waals surface area contributed by atoms with E-state index in [0.29, 0.717) is 12.8 Å². The number of halogens is 2. The van der Waals surface area contributed by atoms with E-state index in [-0.39, 0.29) is 34.1 Å². The van der Waals surface area contributed by atoms with Gasteiger partial charge in [0, 0.05) is 18.7 Å². The van der Waals surface area contributed by atoms with Crippen LogP contribution in [0.15, 0.2) is 12.3 Å². The molecule has 0 saturated carbocycles. The van der Waals surface area contributed by atoms with Crippen LogP contribution in [0.2, 0.25) is 10.2 Å². The first-order valence-corrected chi connectivity index (χ1v) is 6.49. The second-order valence-electron chi connectivity index (χ2n) is 4.15.